The van der Waals surface area contributed by atoms with Crippen molar-refractivity contribution in [1.29, 1.82) is 0 Å². The molecule has 0 saturated heterocycles. The fraction of sp³-hybridized carbons (Fsp3) is 0.200. The third kappa shape index (κ3) is 2.77. The highest BCUT2D eigenvalue weighted by Crippen LogP contribution is 2.26. The Morgan fingerprint density at radius 2 is 2.20 bits per heavy atom. The molecule has 0 atom stereocenters. The number of ether oxygens (including phenoxy) is 1. The molecule has 0 spiro atoms. The summed E-state index contributed by atoms with van der Waals surface area (Å²) in [6, 6.07) is 8.17. The van der Waals surface area contributed by atoms with Gasteiger partial charge in [0.15, 0.2) is 0 Å². The summed E-state index contributed by atoms with van der Waals surface area (Å²) >= 11 is 0. The number of methoxy groups -OCH3 is 1. The van der Waals surface area contributed by atoms with Crippen LogP contribution < -0.4 is 4.90 Å². The van der Waals surface area contributed by atoms with Gasteiger partial charge in [0.2, 0.25) is 0 Å². The van der Waals surface area contributed by atoms with E-state index in [0.717, 1.165) is 0 Å². The summed E-state index contributed by atoms with van der Waals surface area (Å²) in [7, 11) is 1.30. The molecule has 20 heavy (non-hydrogen) atoms. The smallest absolute Gasteiger partial charge is 0.413 e. The van der Waals surface area contributed by atoms with Crippen molar-refractivity contribution in [3.05, 3.63) is 48.5 Å². The molecule has 0 N–H and O–H groups in total. The van der Waals surface area contributed by atoms with Crippen LogP contribution in [-0.4, -0.2) is 24.7 Å². The summed E-state index contributed by atoms with van der Waals surface area (Å²) in [5, 5.41) is 0. The van der Waals surface area contributed by atoms with Gasteiger partial charge in [-0.25, -0.2) is 9.18 Å². The molecular weight excluding hydrogens is 259 g/mol. The normalized spacial score (nSPS) is 10.2. The number of hydrogen-bond acceptors (Lipinski definition) is 3. The number of amides is 1. The lowest BCUT2D eigenvalue weighted by Crippen LogP contribution is -2.30. The highest BCUT2D eigenvalue weighted by molar-refractivity contribution is 5.88. The van der Waals surface area contributed by atoms with Crippen molar-refractivity contribution >= 4 is 11.8 Å². The number of pyridine rings is 1. The highest BCUT2D eigenvalue weighted by Gasteiger charge is 2.16. The largest absolute Gasteiger partial charge is 0.452 e. The van der Waals surface area contributed by atoms with Gasteiger partial charge in [0.05, 0.1) is 7.11 Å². The van der Waals surface area contributed by atoms with E-state index in [1.54, 1.807) is 43.6 Å². The molecule has 2 aromatic rings. The van der Waals surface area contributed by atoms with E-state index < -0.39 is 11.9 Å². The molecule has 1 amide bonds. The van der Waals surface area contributed by atoms with Gasteiger partial charge in [-0.2, -0.15) is 0 Å². The van der Waals surface area contributed by atoms with Crippen LogP contribution in [0.2, 0.25) is 0 Å². The van der Waals surface area contributed by atoms with Gasteiger partial charge in [0.1, 0.15) is 5.82 Å². The van der Waals surface area contributed by atoms with Crippen LogP contribution in [0.5, 0.6) is 0 Å². The quantitative estimate of drug-likeness (QED) is 0.860. The lowest BCUT2D eigenvalue weighted by molar-refractivity contribution is 0.179. The van der Waals surface area contributed by atoms with Crippen LogP contribution in [0.3, 0.4) is 0 Å². The second kappa shape index (κ2) is 6.14. The summed E-state index contributed by atoms with van der Waals surface area (Å²) in [6.45, 7) is 2.20. The van der Waals surface area contributed by atoms with Gasteiger partial charge in [0.25, 0.3) is 0 Å². The Kier molecular flexibility index (Phi) is 4.30. The first kappa shape index (κ1) is 14.0. The van der Waals surface area contributed by atoms with E-state index in [4.69, 9.17) is 0 Å². The fourth-order valence-electron chi connectivity index (χ4n) is 1.96. The van der Waals surface area contributed by atoms with Crippen LogP contribution in [-0.2, 0) is 4.74 Å². The molecule has 0 fully saturated rings. The number of halogens is 1. The van der Waals surface area contributed by atoms with Crippen molar-refractivity contribution in [3.63, 3.8) is 0 Å². The van der Waals surface area contributed by atoms with Crippen LogP contribution in [0.4, 0.5) is 14.9 Å². The molecule has 4 nitrogen and oxygen atoms in total. The number of benzene rings is 1. The third-order valence-electron chi connectivity index (χ3n) is 2.95. The highest BCUT2D eigenvalue weighted by atomic mass is 19.1. The molecule has 0 saturated carbocycles. The Bertz CT molecular complexity index is 602. The lowest BCUT2D eigenvalue weighted by Gasteiger charge is -2.19. The number of rotatable bonds is 3. The average molecular weight is 274 g/mol. The standard InChI is InChI=1S/C15H15FN2O2/c1-3-18(15(19)20-2)12-6-7-13(14(16)9-12)11-5-4-8-17-10-11/h4-10H,3H2,1-2H3. The molecule has 0 aliphatic heterocycles. The molecule has 0 radical (unpaired) electrons. The molecule has 104 valence electrons. The predicted octanol–water partition coefficient (Wildman–Crippen LogP) is 3.48. The Balaban J connectivity index is 2.37. The Morgan fingerprint density at radius 1 is 1.40 bits per heavy atom. The van der Waals surface area contributed by atoms with Gasteiger partial charge in [-0.1, -0.05) is 6.07 Å². The lowest BCUT2D eigenvalue weighted by atomic mass is 10.1. The molecule has 0 aliphatic rings. The number of carbonyl (C=O) groups excluding carboxylic acids is 1. The number of anilines is 1. The summed E-state index contributed by atoms with van der Waals surface area (Å²) in [5.74, 6) is -0.405. The van der Waals surface area contributed by atoms with E-state index in [-0.39, 0.29) is 0 Å². The SMILES string of the molecule is CCN(C(=O)OC)c1ccc(-c2cccnc2)c(F)c1. The third-order valence-corrected chi connectivity index (χ3v) is 2.95. The van der Waals surface area contributed by atoms with Crippen LogP contribution in [0.15, 0.2) is 42.7 Å². The van der Waals surface area contributed by atoms with E-state index in [2.05, 4.69) is 9.72 Å². The number of carbonyl (C=O) groups is 1. The van der Waals surface area contributed by atoms with Gasteiger partial charge < -0.3 is 4.74 Å². The van der Waals surface area contributed by atoms with Crippen molar-refractivity contribution in [3.8, 4) is 11.1 Å². The van der Waals surface area contributed by atoms with E-state index in [1.165, 1.54) is 18.1 Å². The molecule has 2 rings (SSSR count). The Morgan fingerprint density at radius 3 is 2.75 bits per heavy atom. The van der Waals surface area contributed by atoms with Crippen LogP contribution >= 0.6 is 0 Å². The maximum Gasteiger partial charge on any atom is 0.413 e. The van der Waals surface area contributed by atoms with Crippen LogP contribution in [0, 0.1) is 5.82 Å². The van der Waals surface area contributed by atoms with Gasteiger partial charge in [-0.3, -0.25) is 9.88 Å². The summed E-state index contributed by atoms with van der Waals surface area (Å²) in [5.41, 5.74) is 1.60. The average Bonchev–Trinajstić information content (AvgIpc) is 2.49. The minimum atomic E-state index is -0.513. The zero-order valence-corrected chi connectivity index (χ0v) is 11.3. The van der Waals surface area contributed by atoms with Gasteiger partial charge in [-0.15, -0.1) is 0 Å². The zero-order chi connectivity index (χ0) is 14.5. The van der Waals surface area contributed by atoms with Crippen molar-refractivity contribution in [2.24, 2.45) is 0 Å². The molecule has 1 aromatic carbocycles. The molecule has 0 aliphatic carbocycles. The number of aromatic nitrogens is 1. The summed E-state index contributed by atoms with van der Waals surface area (Å²) in [6.07, 6.45) is 2.71. The Hall–Kier alpha value is -2.43. The van der Waals surface area contributed by atoms with E-state index in [1.807, 2.05) is 0 Å². The molecule has 1 heterocycles. The predicted molar refractivity (Wildman–Crippen MR) is 75.1 cm³/mol. The molecule has 0 bridgehead atoms. The summed E-state index contributed by atoms with van der Waals surface area (Å²) in [4.78, 5) is 16.9. The van der Waals surface area contributed by atoms with Crippen molar-refractivity contribution in [1.82, 2.24) is 4.98 Å². The van der Waals surface area contributed by atoms with E-state index >= 15 is 0 Å². The monoisotopic (exact) mass is 274 g/mol. The topological polar surface area (TPSA) is 42.4 Å². The van der Waals surface area contributed by atoms with Crippen LogP contribution in [0.1, 0.15) is 6.92 Å². The maximum atomic E-state index is 14.2. The van der Waals surface area contributed by atoms with Crippen LogP contribution in [0.25, 0.3) is 11.1 Å². The first-order valence-corrected chi connectivity index (χ1v) is 6.22. The second-order valence-electron chi connectivity index (χ2n) is 4.12. The van der Waals surface area contributed by atoms with Gasteiger partial charge in [-0.05, 0) is 31.2 Å². The van der Waals surface area contributed by atoms with Gasteiger partial charge in [0, 0.05) is 35.8 Å². The molecule has 1 aromatic heterocycles. The van der Waals surface area contributed by atoms with Crippen molar-refractivity contribution in [2.45, 2.75) is 6.92 Å². The fourth-order valence-corrected chi connectivity index (χ4v) is 1.96. The number of nitrogens with zero attached hydrogens (tertiary/aromatic N) is 2. The summed E-state index contributed by atoms with van der Waals surface area (Å²) < 4.78 is 18.9. The zero-order valence-electron chi connectivity index (χ0n) is 11.3. The maximum absolute atomic E-state index is 14.2. The van der Waals surface area contributed by atoms with E-state index in [9.17, 15) is 9.18 Å². The minimum absolute atomic E-state index is 0.401. The molecule has 0 unspecified atom stereocenters. The van der Waals surface area contributed by atoms with E-state index in [0.29, 0.717) is 23.4 Å². The Labute approximate surface area is 116 Å². The van der Waals surface area contributed by atoms with Crippen molar-refractivity contribution in [2.75, 3.05) is 18.6 Å². The first-order valence-electron chi connectivity index (χ1n) is 6.22. The van der Waals surface area contributed by atoms with Crippen molar-refractivity contribution < 1.29 is 13.9 Å². The minimum Gasteiger partial charge on any atom is -0.452 e. The second-order valence-corrected chi connectivity index (χ2v) is 4.12. The molecular formula is C15H15FN2O2. The molecule has 5 heteroatoms. The first-order chi connectivity index (χ1) is 9.67. The number of hydrogen-bond donors (Lipinski definition) is 0. The van der Waals surface area contributed by atoms with Gasteiger partial charge >= 0.3 is 6.09 Å².